The van der Waals surface area contributed by atoms with Gasteiger partial charge >= 0.3 is 5.69 Å². The number of nitrogens with one attached hydrogen (secondary N) is 1. The van der Waals surface area contributed by atoms with Crippen molar-refractivity contribution < 1.29 is 14.3 Å². The zero-order valence-electron chi connectivity index (χ0n) is 27.2. The quantitative estimate of drug-likeness (QED) is 0.274. The minimum absolute atomic E-state index is 0.00353. The molecule has 1 atom stereocenters. The van der Waals surface area contributed by atoms with Gasteiger partial charge in [0, 0.05) is 63.7 Å². The topological polar surface area (TPSA) is 133 Å². The molecule has 0 unspecified atom stereocenters. The number of aromatic hydroxyl groups is 1. The van der Waals surface area contributed by atoms with Gasteiger partial charge in [0.25, 0.3) is 0 Å². The summed E-state index contributed by atoms with van der Waals surface area (Å²) in [7, 11) is 0. The van der Waals surface area contributed by atoms with Crippen molar-refractivity contribution in [3.8, 4) is 22.7 Å². The van der Waals surface area contributed by atoms with E-state index in [-0.39, 0.29) is 51.5 Å². The number of piperazine rings is 2. The Labute approximate surface area is 287 Å². The van der Waals surface area contributed by atoms with Gasteiger partial charge in [-0.25, -0.2) is 28.7 Å². The highest BCUT2D eigenvalue weighted by atomic mass is 35.5. The van der Waals surface area contributed by atoms with E-state index in [1.54, 1.807) is 11.0 Å². The van der Waals surface area contributed by atoms with E-state index >= 15 is 4.39 Å². The maximum absolute atomic E-state index is 15.3. The van der Waals surface area contributed by atoms with Crippen molar-refractivity contribution in [3.05, 3.63) is 69.6 Å². The molecule has 4 fully saturated rings. The second kappa shape index (κ2) is 12.4. The Morgan fingerprint density at radius 2 is 1.73 bits per heavy atom. The third kappa shape index (κ3) is 5.68. The molecule has 1 amide bonds. The van der Waals surface area contributed by atoms with Gasteiger partial charge in [-0.05, 0) is 56.9 Å². The van der Waals surface area contributed by atoms with Gasteiger partial charge in [-0.3, -0.25) is 4.79 Å². The summed E-state index contributed by atoms with van der Waals surface area (Å²) in [6, 6.07) is 5.44. The summed E-state index contributed by atoms with van der Waals surface area (Å²) in [6.45, 7) is 10.0. The Bertz CT molecular complexity index is 2010. The van der Waals surface area contributed by atoms with Crippen molar-refractivity contribution >= 4 is 40.3 Å². The number of phenols is 1. The molecule has 2 aliphatic heterocycles. The number of hydrogen-bond donors (Lipinski definition) is 2. The molecule has 1 aromatic carbocycles. The van der Waals surface area contributed by atoms with E-state index in [4.69, 9.17) is 26.6 Å². The van der Waals surface area contributed by atoms with Gasteiger partial charge < -0.3 is 25.1 Å². The van der Waals surface area contributed by atoms with Crippen LogP contribution in [0.2, 0.25) is 5.02 Å². The first kappa shape index (κ1) is 31.6. The number of nitrogens with zero attached hydrogens (tertiary/aromatic N) is 8. The SMILES string of the molecule is C=CC(=O)N1CCN(c2nc(=O)n(-c3c(C4CC4)nc(N4CCNCC4)nc3C3CC3)c3nc(-c4c(O)cccc4F)c(Cl)cc23)[C@@H](C)C1. The molecule has 0 radical (unpaired) electrons. The smallest absolute Gasteiger partial charge is 0.355 e. The van der Waals surface area contributed by atoms with Gasteiger partial charge in [-0.1, -0.05) is 24.2 Å². The van der Waals surface area contributed by atoms with E-state index in [0.717, 1.165) is 63.3 Å². The van der Waals surface area contributed by atoms with Crippen molar-refractivity contribution in [2.45, 2.75) is 50.5 Å². The van der Waals surface area contributed by atoms with Gasteiger partial charge in [0.05, 0.1) is 38.7 Å². The zero-order valence-corrected chi connectivity index (χ0v) is 28.0. The lowest BCUT2D eigenvalue weighted by atomic mass is 10.1. The summed E-state index contributed by atoms with van der Waals surface area (Å²) >= 11 is 6.87. The Kier molecular flexibility index (Phi) is 7.98. The number of aromatic nitrogens is 5. The lowest BCUT2D eigenvalue weighted by Crippen LogP contribution is -2.54. The van der Waals surface area contributed by atoms with Crippen LogP contribution in [0, 0.1) is 5.82 Å². The van der Waals surface area contributed by atoms with Crippen LogP contribution in [-0.2, 0) is 4.79 Å². The lowest BCUT2D eigenvalue weighted by molar-refractivity contribution is -0.126. The predicted octanol–water partition coefficient (Wildman–Crippen LogP) is 4.12. The molecule has 14 heteroatoms. The standard InChI is InChI=1S/C35H37ClFN9O3/c1-3-26(48)44-15-16-45(19(2)18-44)32-22-17-23(36)30(27-24(37)5-4-6-25(27)47)39-33(22)46(35(49)42-32)31-28(20-7-8-20)40-34(41-29(31)21-9-10-21)43-13-11-38-12-14-43/h3-6,17,19-21,38,47H,1,7-16,18H2,2H3/t19-/m0/s1. The number of carbonyl (C=O) groups is 1. The number of carbonyl (C=O) groups excluding carboxylic acids is 1. The second-order valence-electron chi connectivity index (χ2n) is 13.3. The van der Waals surface area contributed by atoms with E-state index in [2.05, 4.69) is 21.8 Å². The van der Waals surface area contributed by atoms with E-state index in [0.29, 0.717) is 42.5 Å². The minimum Gasteiger partial charge on any atom is -0.507 e. The highest BCUT2D eigenvalue weighted by Crippen LogP contribution is 2.49. The summed E-state index contributed by atoms with van der Waals surface area (Å²) in [6.07, 6.45) is 5.04. The Morgan fingerprint density at radius 3 is 2.35 bits per heavy atom. The highest BCUT2D eigenvalue weighted by Gasteiger charge is 2.39. The number of pyridine rings is 1. The Balaban J connectivity index is 1.38. The predicted molar refractivity (Wildman–Crippen MR) is 185 cm³/mol. The number of hydrogen-bond acceptors (Lipinski definition) is 10. The third-order valence-electron chi connectivity index (χ3n) is 9.89. The van der Waals surface area contributed by atoms with Crippen LogP contribution in [0.15, 0.2) is 41.7 Å². The highest BCUT2D eigenvalue weighted by molar-refractivity contribution is 6.34. The van der Waals surface area contributed by atoms with E-state index < -0.39 is 11.5 Å². The Morgan fingerprint density at radius 1 is 1.04 bits per heavy atom. The van der Waals surface area contributed by atoms with Crippen molar-refractivity contribution in [1.29, 1.82) is 0 Å². The molecule has 4 aliphatic rings. The van der Waals surface area contributed by atoms with Crippen molar-refractivity contribution in [3.63, 3.8) is 0 Å². The molecular formula is C35H37ClFN9O3. The fraction of sp³-hybridized carbons (Fsp3) is 0.429. The van der Waals surface area contributed by atoms with Crippen LogP contribution in [0.25, 0.3) is 28.0 Å². The lowest BCUT2D eigenvalue weighted by Gasteiger charge is -2.40. The molecule has 2 saturated heterocycles. The van der Waals surface area contributed by atoms with E-state index in [9.17, 15) is 14.7 Å². The second-order valence-corrected chi connectivity index (χ2v) is 13.7. The minimum atomic E-state index is -0.699. The number of halogens is 2. The van der Waals surface area contributed by atoms with Crippen LogP contribution in [0.1, 0.15) is 55.8 Å². The van der Waals surface area contributed by atoms with Crippen LogP contribution in [-0.4, -0.2) is 92.3 Å². The molecule has 8 rings (SSSR count). The molecule has 5 heterocycles. The first-order valence-corrected chi connectivity index (χ1v) is 17.3. The summed E-state index contributed by atoms with van der Waals surface area (Å²) < 4.78 is 16.8. The monoisotopic (exact) mass is 685 g/mol. The van der Waals surface area contributed by atoms with E-state index in [1.807, 2.05) is 11.8 Å². The van der Waals surface area contributed by atoms with Gasteiger partial charge in [0.15, 0.2) is 5.65 Å². The zero-order chi connectivity index (χ0) is 34.0. The van der Waals surface area contributed by atoms with Crippen molar-refractivity contribution in [2.75, 3.05) is 55.6 Å². The van der Waals surface area contributed by atoms with Gasteiger partial charge in [-0.2, -0.15) is 4.98 Å². The van der Waals surface area contributed by atoms with Gasteiger partial charge in [-0.15, -0.1) is 0 Å². The fourth-order valence-corrected chi connectivity index (χ4v) is 7.29. The van der Waals surface area contributed by atoms with Crippen LogP contribution in [0.5, 0.6) is 5.75 Å². The largest absolute Gasteiger partial charge is 0.507 e. The van der Waals surface area contributed by atoms with Crippen LogP contribution in [0.4, 0.5) is 16.2 Å². The maximum atomic E-state index is 15.3. The number of fused-ring (bicyclic) bond motifs is 1. The molecule has 2 aliphatic carbocycles. The number of anilines is 2. The number of amides is 1. The first-order valence-electron chi connectivity index (χ1n) is 16.9. The molecule has 12 nitrogen and oxygen atoms in total. The van der Waals surface area contributed by atoms with Crippen LogP contribution < -0.4 is 20.8 Å². The maximum Gasteiger partial charge on any atom is 0.355 e. The summed E-state index contributed by atoms with van der Waals surface area (Å²) in [4.78, 5) is 52.7. The number of phenolic OH excluding ortho intramolecular Hbond substituents is 1. The Hall–Kier alpha value is -4.62. The average molecular weight is 686 g/mol. The summed E-state index contributed by atoms with van der Waals surface area (Å²) in [5.41, 5.74) is 1.67. The first-order chi connectivity index (χ1) is 23.7. The fourth-order valence-electron chi connectivity index (χ4n) is 7.05. The van der Waals surface area contributed by atoms with Crippen LogP contribution in [0.3, 0.4) is 0 Å². The summed E-state index contributed by atoms with van der Waals surface area (Å²) in [5.74, 6) is 0.151. The number of rotatable bonds is 7. The molecule has 254 valence electrons. The molecule has 4 aromatic rings. The third-order valence-corrected chi connectivity index (χ3v) is 10.2. The molecule has 3 aromatic heterocycles. The number of benzene rings is 1. The van der Waals surface area contributed by atoms with Crippen LogP contribution >= 0.6 is 11.6 Å². The summed E-state index contributed by atoms with van der Waals surface area (Å²) in [5, 5.41) is 14.7. The molecule has 0 spiro atoms. The van der Waals surface area contributed by atoms with Crippen molar-refractivity contribution in [1.82, 2.24) is 34.7 Å². The molecular weight excluding hydrogens is 649 g/mol. The molecule has 0 bridgehead atoms. The molecule has 2 saturated carbocycles. The molecule has 2 N–H and O–H groups in total. The normalized spacial score (nSPS) is 19.8. The molecule has 49 heavy (non-hydrogen) atoms. The van der Waals surface area contributed by atoms with E-state index in [1.165, 1.54) is 28.8 Å². The average Bonchev–Trinajstić information content (AvgIpc) is 4.03. The van der Waals surface area contributed by atoms with Gasteiger partial charge in [0.2, 0.25) is 11.9 Å². The van der Waals surface area contributed by atoms with Crippen molar-refractivity contribution in [2.24, 2.45) is 0 Å². The van der Waals surface area contributed by atoms with Gasteiger partial charge in [0.1, 0.15) is 17.4 Å².